The lowest BCUT2D eigenvalue weighted by molar-refractivity contribution is 0.00364. The van der Waals surface area contributed by atoms with Crippen molar-refractivity contribution in [3.63, 3.8) is 0 Å². The third-order valence-electron chi connectivity index (χ3n) is 3.63. The van der Waals surface area contributed by atoms with Gasteiger partial charge in [-0.15, -0.1) is 11.3 Å². The van der Waals surface area contributed by atoms with Crippen molar-refractivity contribution in [3.05, 3.63) is 35.2 Å². The summed E-state index contributed by atoms with van der Waals surface area (Å²) in [5.41, 5.74) is 4.30. The molecule has 3 nitrogen and oxygen atoms in total. The molecule has 0 fully saturated rings. The Kier molecular flexibility index (Phi) is 5.54. The lowest BCUT2D eigenvalue weighted by atomic mass is 9.94. The first kappa shape index (κ1) is 15.4. The molecule has 4 heteroatoms. The molecule has 0 aliphatic rings. The molecule has 0 aliphatic heterocycles. The van der Waals surface area contributed by atoms with Crippen LogP contribution >= 0.6 is 11.3 Å². The van der Waals surface area contributed by atoms with Crippen LogP contribution in [-0.2, 0) is 11.2 Å². The van der Waals surface area contributed by atoms with Crippen LogP contribution in [0.1, 0.15) is 26.3 Å². The number of ether oxygens (including phenoxy) is 1. The van der Waals surface area contributed by atoms with Gasteiger partial charge in [0, 0.05) is 11.3 Å². The fourth-order valence-electron chi connectivity index (χ4n) is 2.66. The van der Waals surface area contributed by atoms with E-state index in [0.29, 0.717) is 12.5 Å². The van der Waals surface area contributed by atoms with E-state index in [1.54, 1.807) is 11.3 Å². The summed E-state index contributed by atoms with van der Waals surface area (Å²) in [5.74, 6) is 6.21. The van der Waals surface area contributed by atoms with Crippen LogP contribution in [0.2, 0.25) is 0 Å². The van der Waals surface area contributed by atoms with Gasteiger partial charge in [0.25, 0.3) is 0 Å². The van der Waals surface area contributed by atoms with Gasteiger partial charge < -0.3 is 4.74 Å². The monoisotopic (exact) mass is 292 g/mol. The minimum Gasteiger partial charge on any atom is -0.377 e. The maximum atomic E-state index is 5.88. The van der Waals surface area contributed by atoms with Crippen LogP contribution in [0, 0.1) is 5.92 Å². The average Bonchev–Trinajstić information content (AvgIpc) is 2.85. The summed E-state index contributed by atoms with van der Waals surface area (Å²) in [7, 11) is 0. The van der Waals surface area contributed by atoms with Crippen molar-refractivity contribution < 1.29 is 4.74 Å². The van der Waals surface area contributed by atoms with Gasteiger partial charge in [-0.2, -0.15) is 0 Å². The fourth-order valence-corrected chi connectivity index (χ4v) is 3.64. The van der Waals surface area contributed by atoms with Crippen molar-refractivity contribution in [1.82, 2.24) is 5.43 Å². The molecule has 0 saturated heterocycles. The van der Waals surface area contributed by atoms with E-state index in [1.165, 1.54) is 15.6 Å². The van der Waals surface area contributed by atoms with Gasteiger partial charge in [0.1, 0.15) is 0 Å². The molecular weight excluding hydrogens is 268 g/mol. The Bertz CT molecular complexity index is 538. The van der Waals surface area contributed by atoms with E-state index in [9.17, 15) is 0 Å². The number of hydrogen-bond acceptors (Lipinski definition) is 4. The van der Waals surface area contributed by atoms with Crippen LogP contribution in [0.15, 0.2) is 29.6 Å². The summed E-state index contributed by atoms with van der Waals surface area (Å²) in [6.45, 7) is 7.10. The van der Waals surface area contributed by atoms with Gasteiger partial charge in [-0.05, 0) is 41.7 Å². The van der Waals surface area contributed by atoms with Gasteiger partial charge in [-0.3, -0.25) is 11.3 Å². The number of nitrogens with two attached hydrogens (primary N) is 1. The first-order valence-corrected chi connectivity index (χ1v) is 8.08. The topological polar surface area (TPSA) is 47.3 Å². The summed E-state index contributed by atoms with van der Waals surface area (Å²) in [4.78, 5) is 0. The van der Waals surface area contributed by atoms with Gasteiger partial charge in [0.2, 0.25) is 0 Å². The van der Waals surface area contributed by atoms with E-state index >= 15 is 0 Å². The molecule has 2 unspecified atom stereocenters. The number of nitrogens with one attached hydrogen (secondary N) is 1. The first-order chi connectivity index (χ1) is 9.67. The zero-order valence-electron chi connectivity index (χ0n) is 12.4. The molecule has 0 aliphatic carbocycles. The number of hydrazine groups is 1. The summed E-state index contributed by atoms with van der Waals surface area (Å²) in [5, 5.41) is 3.56. The van der Waals surface area contributed by atoms with E-state index in [1.807, 2.05) is 6.92 Å². The molecule has 2 rings (SSSR count). The Balaban J connectivity index is 2.20. The second-order valence-corrected chi connectivity index (χ2v) is 6.31. The highest BCUT2D eigenvalue weighted by molar-refractivity contribution is 7.17. The van der Waals surface area contributed by atoms with Crippen LogP contribution in [-0.4, -0.2) is 18.8 Å². The maximum Gasteiger partial charge on any atom is 0.0767 e. The fraction of sp³-hybridized carbons (Fsp3) is 0.500. The van der Waals surface area contributed by atoms with Crippen LogP contribution in [0.5, 0.6) is 0 Å². The number of benzene rings is 1. The van der Waals surface area contributed by atoms with Crippen molar-refractivity contribution >= 4 is 21.4 Å². The summed E-state index contributed by atoms with van der Waals surface area (Å²) >= 11 is 1.79. The standard InChI is InChI=1S/C16H24N2OS/c1-4-19-16(11(2)3)14(18-17)9-12-10-20-15-8-6-5-7-13(12)15/h5-8,10-11,14,16,18H,4,9,17H2,1-3H3. The molecule has 1 aromatic carbocycles. The molecule has 20 heavy (non-hydrogen) atoms. The van der Waals surface area contributed by atoms with E-state index in [4.69, 9.17) is 10.6 Å². The SMILES string of the molecule is CCOC(C(C)C)C(Cc1csc2ccccc12)NN. The Morgan fingerprint density at radius 1 is 1.30 bits per heavy atom. The highest BCUT2D eigenvalue weighted by Crippen LogP contribution is 2.27. The number of fused-ring (bicyclic) bond motifs is 1. The largest absolute Gasteiger partial charge is 0.377 e. The lowest BCUT2D eigenvalue weighted by Crippen LogP contribution is -2.48. The zero-order valence-corrected chi connectivity index (χ0v) is 13.2. The Hall–Kier alpha value is -0.940. The molecule has 0 amide bonds. The van der Waals surface area contributed by atoms with Crippen molar-refractivity contribution in [3.8, 4) is 0 Å². The summed E-state index contributed by atoms with van der Waals surface area (Å²) < 4.78 is 7.21. The molecule has 2 atom stereocenters. The van der Waals surface area contributed by atoms with Crippen LogP contribution < -0.4 is 11.3 Å². The van der Waals surface area contributed by atoms with E-state index < -0.39 is 0 Å². The van der Waals surface area contributed by atoms with Crippen molar-refractivity contribution in [2.45, 2.75) is 39.3 Å². The van der Waals surface area contributed by atoms with E-state index in [0.717, 1.165) is 6.42 Å². The van der Waals surface area contributed by atoms with Gasteiger partial charge in [0.05, 0.1) is 12.1 Å². The molecular formula is C16H24N2OS. The van der Waals surface area contributed by atoms with Gasteiger partial charge in [0.15, 0.2) is 0 Å². The minimum absolute atomic E-state index is 0.128. The summed E-state index contributed by atoms with van der Waals surface area (Å²) in [6.07, 6.45) is 1.02. The molecule has 0 radical (unpaired) electrons. The average molecular weight is 292 g/mol. The predicted molar refractivity (Wildman–Crippen MR) is 86.9 cm³/mol. The molecule has 0 spiro atoms. The highest BCUT2D eigenvalue weighted by Gasteiger charge is 2.25. The summed E-state index contributed by atoms with van der Waals surface area (Å²) in [6, 6.07) is 8.65. The highest BCUT2D eigenvalue weighted by atomic mass is 32.1. The van der Waals surface area contributed by atoms with Crippen LogP contribution in [0.4, 0.5) is 0 Å². The maximum absolute atomic E-state index is 5.88. The Labute approximate surface area is 125 Å². The molecule has 3 N–H and O–H groups in total. The number of thiophene rings is 1. The number of rotatable bonds is 7. The second-order valence-electron chi connectivity index (χ2n) is 5.40. The third kappa shape index (κ3) is 3.38. The zero-order chi connectivity index (χ0) is 14.5. The molecule has 1 aromatic heterocycles. The minimum atomic E-state index is 0.128. The van der Waals surface area contributed by atoms with Crippen LogP contribution in [0.3, 0.4) is 0 Å². The predicted octanol–water partition coefficient (Wildman–Crippen LogP) is 3.34. The van der Waals surface area contributed by atoms with Crippen LogP contribution in [0.25, 0.3) is 10.1 Å². The number of hydrogen-bond donors (Lipinski definition) is 2. The molecule has 1 heterocycles. The smallest absolute Gasteiger partial charge is 0.0767 e. The Morgan fingerprint density at radius 2 is 2.05 bits per heavy atom. The van der Waals surface area contributed by atoms with Crippen molar-refractivity contribution in [2.24, 2.45) is 11.8 Å². The quantitative estimate of drug-likeness (QED) is 0.608. The van der Waals surface area contributed by atoms with Gasteiger partial charge in [-0.1, -0.05) is 32.0 Å². The van der Waals surface area contributed by atoms with Gasteiger partial charge in [-0.25, -0.2) is 0 Å². The Morgan fingerprint density at radius 3 is 2.70 bits per heavy atom. The second kappa shape index (κ2) is 7.18. The lowest BCUT2D eigenvalue weighted by Gasteiger charge is -2.29. The van der Waals surface area contributed by atoms with Crippen molar-refractivity contribution in [1.29, 1.82) is 0 Å². The molecule has 110 valence electrons. The van der Waals surface area contributed by atoms with Crippen molar-refractivity contribution in [2.75, 3.05) is 6.61 Å². The van der Waals surface area contributed by atoms with Gasteiger partial charge >= 0.3 is 0 Å². The molecule has 2 aromatic rings. The molecule has 0 bridgehead atoms. The van der Waals surface area contributed by atoms with E-state index in [2.05, 4.69) is 48.9 Å². The normalized spacial score (nSPS) is 14.8. The third-order valence-corrected chi connectivity index (χ3v) is 4.64. The first-order valence-electron chi connectivity index (χ1n) is 7.20. The molecule has 0 saturated carbocycles. The van der Waals surface area contributed by atoms with E-state index in [-0.39, 0.29) is 12.1 Å².